The van der Waals surface area contributed by atoms with Gasteiger partial charge < -0.3 is 9.47 Å². The van der Waals surface area contributed by atoms with E-state index in [4.69, 9.17) is 32.7 Å². The Morgan fingerprint density at radius 3 is 2.28 bits per heavy atom. The highest BCUT2D eigenvalue weighted by atomic mass is 35.5. The van der Waals surface area contributed by atoms with Crippen molar-refractivity contribution in [3.05, 3.63) is 82.3 Å². The van der Waals surface area contributed by atoms with E-state index in [-0.39, 0.29) is 11.4 Å². The summed E-state index contributed by atoms with van der Waals surface area (Å²) in [7, 11) is -3.91. The molecule has 5 nitrogen and oxygen atoms in total. The van der Waals surface area contributed by atoms with Crippen LogP contribution in [0.3, 0.4) is 0 Å². The van der Waals surface area contributed by atoms with E-state index in [0.29, 0.717) is 40.4 Å². The topological polar surface area (TPSA) is 55.8 Å². The molecule has 3 aromatic carbocycles. The van der Waals surface area contributed by atoms with E-state index in [1.807, 2.05) is 0 Å². The first kappa shape index (κ1) is 19.9. The summed E-state index contributed by atoms with van der Waals surface area (Å²) in [5, 5.41) is 1.03. The fourth-order valence-corrected chi connectivity index (χ4v) is 4.78. The second kappa shape index (κ2) is 8.14. The molecular weight excluding hydrogens is 433 g/mol. The van der Waals surface area contributed by atoms with Crippen LogP contribution < -0.4 is 13.8 Å². The van der Waals surface area contributed by atoms with E-state index in [2.05, 4.69) is 0 Å². The van der Waals surface area contributed by atoms with Crippen LogP contribution in [0.15, 0.2) is 71.6 Å². The van der Waals surface area contributed by atoms with Crippen LogP contribution in [-0.2, 0) is 16.6 Å². The number of sulfonamides is 1. The Bertz CT molecular complexity index is 1130. The van der Waals surface area contributed by atoms with Gasteiger partial charge in [0.2, 0.25) is 0 Å². The molecule has 1 heterocycles. The summed E-state index contributed by atoms with van der Waals surface area (Å²) in [6, 6.07) is 18.4. The zero-order chi connectivity index (χ0) is 20.4. The second-order valence-electron chi connectivity index (χ2n) is 6.42. The van der Waals surface area contributed by atoms with Gasteiger partial charge in [0.05, 0.1) is 17.1 Å². The van der Waals surface area contributed by atoms with Gasteiger partial charge in [0.25, 0.3) is 10.0 Å². The minimum atomic E-state index is -3.91. The maximum atomic E-state index is 13.6. The lowest BCUT2D eigenvalue weighted by molar-refractivity contribution is 0.171. The Labute approximate surface area is 179 Å². The highest BCUT2D eigenvalue weighted by molar-refractivity contribution is 7.92. The van der Waals surface area contributed by atoms with Crippen molar-refractivity contribution in [1.29, 1.82) is 0 Å². The van der Waals surface area contributed by atoms with Crippen molar-refractivity contribution in [3.63, 3.8) is 0 Å². The molecule has 0 bridgehead atoms. The lowest BCUT2D eigenvalue weighted by Gasteiger charge is -2.26. The van der Waals surface area contributed by atoms with Crippen molar-refractivity contribution in [2.24, 2.45) is 0 Å². The van der Waals surface area contributed by atoms with Crippen LogP contribution in [0.1, 0.15) is 5.56 Å². The third-order valence-corrected chi connectivity index (χ3v) is 6.69. The molecule has 0 aliphatic carbocycles. The molecule has 0 aromatic heterocycles. The predicted octanol–water partition coefficient (Wildman–Crippen LogP) is 5.16. The summed E-state index contributed by atoms with van der Waals surface area (Å²) in [6.07, 6.45) is 0. The van der Waals surface area contributed by atoms with E-state index in [1.165, 1.54) is 16.4 Å². The zero-order valence-corrected chi connectivity index (χ0v) is 17.5. The fraction of sp³-hybridized carbons (Fsp3) is 0.143. The third kappa shape index (κ3) is 4.29. The Kier molecular flexibility index (Phi) is 5.58. The minimum absolute atomic E-state index is 0.107. The first-order chi connectivity index (χ1) is 13.9. The third-order valence-electron chi connectivity index (χ3n) is 4.44. The van der Waals surface area contributed by atoms with Gasteiger partial charge in [-0.05, 0) is 48.0 Å². The molecule has 0 radical (unpaired) electrons. The second-order valence-corrected chi connectivity index (χ2v) is 9.16. The Balaban J connectivity index is 1.77. The van der Waals surface area contributed by atoms with Crippen LogP contribution in [-0.4, -0.2) is 21.6 Å². The van der Waals surface area contributed by atoms with Gasteiger partial charge in [-0.2, -0.15) is 0 Å². The summed E-state index contributed by atoms with van der Waals surface area (Å²) >= 11 is 12.1. The summed E-state index contributed by atoms with van der Waals surface area (Å²) in [6.45, 7) is 0.928. The molecule has 0 N–H and O–H groups in total. The molecule has 29 heavy (non-hydrogen) atoms. The van der Waals surface area contributed by atoms with Gasteiger partial charge in [0, 0.05) is 16.1 Å². The van der Waals surface area contributed by atoms with Crippen LogP contribution in [0.5, 0.6) is 11.5 Å². The molecule has 8 heteroatoms. The molecule has 0 atom stereocenters. The van der Waals surface area contributed by atoms with E-state index in [9.17, 15) is 8.42 Å². The van der Waals surface area contributed by atoms with Gasteiger partial charge in [-0.3, -0.25) is 4.31 Å². The van der Waals surface area contributed by atoms with Gasteiger partial charge in [0.1, 0.15) is 13.2 Å². The maximum absolute atomic E-state index is 13.6. The average molecular weight is 450 g/mol. The zero-order valence-electron chi connectivity index (χ0n) is 15.2. The van der Waals surface area contributed by atoms with Gasteiger partial charge in [-0.15, -0.1) is 0 Å². The molecule has 0 saturated carbocycles. The lowest BCUT2D eigenvalue weighted by atomic mass is 10.2. The van der Waals surface area contributed by atoms with Crippen molar-refractivity contribution in [1.82, 2.24) is 0 Å². The molecule has 3 aromatic rings. The highest BCUT2D eigenvalue weighted by Gasteiger charge is 2.27. The number of fused-ring (bicyclic) bond motifs is 1. The number of halogens is 2. The van der Waals surface area contributed by atoms with Crippen LogP contribution in [0, 0.1) is 0 Å². The fourth-order valence-electron chi connectivity index (χ4n) is 3.01. The predicted molar refractivity (Wildman–Crippen MR) is 114 cm³/mol. The number of anilines is 1. The molecule has 0 amide bonds. The van der Waals surface area contributed by atoms with Gasteiger partial charge >= 0.3 is 0 Å². The van der Waals surface area contributed by atoms with E-state index >= 15 is 0 Å². The summed E-state index contributed by atoms with van der Waals surface area (Å²) in [5.41, 5.74) is 1.25. The molecule has 150 valence electrons. The van der Waals surface area contributed by atoms with Crippen molar-refractivity contribution < 1.29 is 17.9 Å². The van der Waals surface area contributed by atoms with Crippen LogP contribution in [0.25, 0.3) is 0 Å². The van der Waals surface area contributed by atoms with E-state index in [0.717, 1.165) is 5.56 Å². The standard InChI is InChI=1S/C21H17Cl2NO4S/c22-16-6-4-15(5-7-16)14-24(18-3-1-2-17(23)12-18)29(25,26)19-8-9-20-21(13-19)28-11-10-27-20/h1-9,12-13H,10-11,14H2. The summed E-state index contributed by atoms with van der Waals surface area (Å²) in [5.74, 6) is 0.942. The molecule has 0 fully saturated rings. The molecular formula is C21H17Cl2NO4S. The number of hydrogen-bond acceptors (Lipinski definition) is 4. The van der Waals surface area contributed by atoms with Crippen LogP contribution in [0.2, 0.25) is 10.0 Å². The Morgan fingerprint density at radius 2 is 1.55 bits per heavy atom. The van der Waals surface area contributed by atoms with Gasteiger partial charge in [-0.25, -0.2) is 8.42 Å². The van der Waals surface area contributed by atoms with Crippen LogP contribution in [0.4, 0.5) is 5.69 Å². The molecule has 1 aliphatic heterocycles. The van der Waals surface area contributed by atoms with Crippen molar-refractivity contribution in [3.8, 4) is 11.5 Å². The Hall–Kier alpha value is -2.41. The number of ether oxygens (including phenoxy) is 2. The molecule has 4 rings (SSSR count). The normalized spacial score (nSPS) is 13.2. The summed E-state index contributed by atoms with van der Waals surface area (Å²) in [4.78, 5) is 0.107. The number of benzene rings is 3. The average Bonchev–Trinajstić information content (AvgIpc) is 2.72. The lowest BCUT2D eigenvalue weighted by Crippen LogP contribution is -2.30. The molecule has 1 aliphatic rings. The van der Waals surface area contributed by atoms with E-state index in [1.54, 1.807) is 54.6 Å². The van der Waals surface area contributed by atoms with Crippen LogP contribution >= 0.6 is 23.2 Å². The van der Waals surface area contributed by atoms with Gasteiger partial charge in [-0.1, -0.05) is 41.4 Å². The van der Waals surface area contributed by atoms with Gasteiger partial charge in [0.15, 0.2) is 11.5 Å². The first-order valence-electron chi connectivity index (χ1n) is 8.86. The smallest absolute Gasteiger partial charge is 0.264 e. The Morgan fingerprint density at radius 1 is 0.828 bits per heavy atom. The van der Waals surface area contributed by atoms with Crippen molar-refractivity contribution in [2.45, 2.75) is 11.4 Å². The maximum Gasteiger partial charge on any atom is 0.264 e. The molecule has 0 saturated heterocycles. The largest absolute Gasteiger partial charge is 0.486 e. The summed E-state index contributed by atoms with van der Waals surface area (Å²) < 4.78 is 39.5. The molecule has 0 unspecified atom stereocenters. The monoisotopic (exact) mass is 449 g/mol. The number of nitrogens with zero attached hydrogens (tertiary/aromatic N) is 1. The van der Waals surface area contributed by atoms with Crippen molar-refractivity contribution in [2.75, 3.05) is 17.5 Å². The first-order valence-corrected chi connectivity index (χ1v) is 11.1. The van der Waals surface area contributed by atoms with E-state index < -0.39 is 10.0 Å². The molecule has 0 spiro atoms. The number of hydrogen-bond donors (Lipinski definition) is 0. The quantitative estimate of drug-likeness (QED) is 0.539. The van der Waals surface area contributed by atoms with Crippen molar-refractivity contribution >= 4 is 38.9 Å². The minimum Gasteiger partial charge on any atom is -0.486 e. The highest BCUT2D eigenvalue weighted by Crippen LogP contribution is 2.35. The number of rotatable bonds is 5. The SMILES string of the molecule is O=S(=O)(c1ccc2c(c1)OCCO2)N(Cc1ccc(Cl)cc1)c1cccc(Cl)c1.